The highest BCUT2D eigenvalue weighted by molar-refractivity contribution is 7.89. The Morgan fingerprint density at radius 1 is 1.24 bits per heavy atom. The zero-order valence-electron chi connectivity index (χ0n) is 11.6. The average Bonchev–Trinajstić information content (AvgIpc) is 2.43. The number of halogens is 1. The van der Waals surface area contributed by atoms with Crippen LogP contribution in [0.3, 0.4) is 0 Å². The van der Waals surface area contributed by atoms with Crippen LogP contribution in [0.5, 0.6) is 0 Å². The van der Waals surface area contributed by atoms with E-state index >= 15 is 0 Å². The Morgan fingerprint density at radius 3 is 2.43 bits per heavy atom. The van der Waals surface area contributed by atoms with E-state index in [1.165, 1.54) is 6.20 Å². The van der Waals surface area contributed by atoms with Gasteiger partial charge in [-0.15, -0.1) is 0 Å². The minimum Gasteiger partial charge on any atom is -0.366 e. The highest BCUT2D eigenvalue weighted by Crippen LogP contribution is 2.15. The van der Waals surface area contributed by atoms with E-state index in [1.54, 1.807) is 26.0 Å². The summed E-state index contributed by atoms with van der Waals surface area (Å²) in [5.74, 6) is -0.305. The molecular weight excluding hydrogens is 295 g/mol. The fraction of sp³-hybridized carbons (Fsp3) is 0.214. The number of benzene rings is 1. The maximum absolute atomic E-state index is 13.5. The van der Waals surface area contributed by atoms with E-state index < -0.39 is 15.5 Å². The Balaban J connectivity index is 2.24. The molecule has 1 aromatic carbocycles. The second-order valence-corrected chi connectivity index (χ2v) is 6.48. The molecule has 2 aromatic rings. The molecule has 0 saturated carbocycles. The van der Waals surface area contributed by atoms with Gasteiger partial charge in [0.25, 0.3) is 0 Å². The average molecular weight is 310 g/mol. The summed E-state index contributed by atoms with van der Waals surface area (Å²) < 4.78 is 40.0. The molecule has 0 radical (unpaired) electrons. The van der Waals surface area contributed by atoms with Crippen LogP contribution in [0.15, 0.2) is 40.3 Å². The van der Waals surface area contributed by atoms with Crippen molar-refractivity contribution in [2.45, 2.75) is 25.3 Å². The lowest BCUT2D eigenvalue weighted by atomic mass is 10.1. The van der Waals surface area contributed by atoms with E-state index in [1.807, 2.05) is 0 Å². The molecule has 21 heavy (non-hydrogen) atoms. The molecular formula is C14H15FN2O3S. The third-order valence-corrected chi connectivity index (χ3v) is 4.46. The number of hydrogen-bond acceptors (Lipinski definition) is 3. The Labute approximate surface area is 121 Å². The van der Waals surface area contributed by atoms with Crippen molar-refractivity contribution >= 4 is 10.0 Å². The van der Waals surface area contributed by atoms with Gasteiger partial charge in [-0.2, -0.15) is 0 Å². The lowest BCUT2D eigenvalue weighted by molar-refractivity contribution is 0.579. The van der Waals surface area contributed by atoms with Gasteiger partial charge in [-0.1, -0.05) is 12.1 Å². The number of aromatic nitrogens is 1. The molecule has 2 N–H and O–H groups in total. The van der Waals surface area contributed by atoms with E-state index in [-0.39, 0.29) is 17.3 Å². The van der Waals surface area contributed by atoms with Crippen molar-refractivity contribution in [2.75, 3.05) is 0 Å². The van der Waals surface area contributed by atoms with Crippen LogP contribution in [0.1, 0.15) is 16.7 Å². The lowest BCUT2D eigenvalue weighted by Gasteiger charge is -2.09. The number of rotatable bonds is 4. The van der Waals surface area contributed by atoms with E-state index in [0.717, 1.165) is 12.3 Å². The van der Waals surface area contributed by atoms with Crippen molar-refractivity contribution in [3.63, 3.8) is 0 Å². The summed E-state index contributed by atoms with van der Waals surface area (Å²) in [6, 6.07) is 4.28. The molecule has 0 amide bonds. The molecule has 1 heterocycles. The normalized spacial score (nSPS) is 11.6. The molecule has 2 rings (SSSR count). The summed E-state index contributed by atoms with van der Waals surface area (Å²) >= 11 is 0. The van der Waals surface area contributed by atoms with Gasteiger partial charge in [-0.3, -0.25) is 4.79 Å². The molecule has 0 spiro atoms. The Bertz CT molecular complexity index is 805. The molecule has 0 aliphatic rings. The predicted molar refractivity (Wildman–Crippen MR) is 77.0 cm³/mol. The van der Waals surface area contributed by atoms with Crippen molar-refractivity contribution in [1.29, 1.82) is 0 Å². The standard InChI is InChI=1S/C14H15FN2O3S/c1-9-5-11(6-10(2)14(9)15)7-17-21(19,20)13-8-16-4-3-12(13)18/h3-6,8,17H,7H2,1-2H3,(H,16,18). The first-order chi connectivity index (χ1) is 9.81. The first-order valence-electron chi connectivity index (χ1n) is 6.23. The molecule has 7 heteroatoms. The van der Waals surface area contributed by atoms with Crippen LogP contribution in [0.25, 0.3) is 0 Å². The van der Waals surface area contributed by atoms with Gasteiger partial charge in [0.15, 0.2) is 0 Å². The van der Waals surface area contributed by atoms with Gasteiger partial charge in [-0.25, -0.2) is 17.5 Å². The van der Waals surface area contributed by atoms with Crippen molar-refractivity contribution in [3.05, 3.63) is 63.3 Å². The number of nitrogens with one attached hydrogen (secondary N) is 2. The minimum atomic E-state index is -3.91. The van der Waals surface area contributed by atoms with Gasteiger partial charge >= 0.3 is 0 Å². The summed E-state index contributed by atoms with van der Waals surface area (Å²) in [6.45, 7) is 3.21. The number of pyridine rings is 1. The number of aromatic amines is 1. The highest BCUT2D eigenvalue weighted by Gasteiger charge is 2.17. The van der Waals surface area contributed by atoms with Crippen molar-refractivity contribution < 1.29 is 12.8 Å². The second-order valence-electron chi connectivity index (χ2n) is 4.74. The highest BCUT2D eigenvalue weighted by atomic mass is 32.2. The summed E-state index contributed by atoms with van der Waals surface area (Å²) in [6.07, 6.45) is 2.49. The summed E-state index contributed by atoms with van der Waals surface area (Å²) in [5.41, 5.74) is 0.929. The quantitative estimate of drug-likeness (QED) is 0.900. The first kappa shape index (κ1) is 15.4. The molecule has 5 nitrogen and oxygen atoms in total. The van der Waals surface area contributed by atoms with Gasteiger partial charge < -0.3 is 4.98 Å². The number of aryl methyl sites for hydroxylation is 2. The van der Waals surface area contributed by atoms with E-state index in [0.29, 0.717) is 16.7 Å². The van der Waals surface area contributed by atoms with Crippen molar-refractivity contribution in [3.8, 4) is 0 Å². The summed E-state index contributed by atoms with van der Waals surface area (Å²) in [4.78, 5) is 13.8. The first-order valence-corrected chi connectivity index (χ1v) is 7.72. The van der Waals surface area contributed by atoms with Gasteiger partial charge in [0.1, 0.15) is 10.7 Å². The number of H-pyrrole nitrogens is 1. The molecule has 0 fully saturated rings. The topological polar surface area (TPSA) is 79.0 Å². The van der Waals surface area contributed by atoms with Crippen LogP contribution >= 0.6 is 0 Å². The van der Waals surface area contributed by atoms with E-state index in [9.17, 15) is 17.6 Å². The van der Waals surface area contributed by atoms with E-state index in [4.69, 9.17) is 0 Å². The van der Waals surface area contributed by atoms with Crippen LogP contribution in [-0.2, 0) is 16.6 Å². The third-order valence-electron chi connectivity index (χ3n) is 3.04. The smallest absolute Gasteiger partial charge is 0.246 e. The Hall–Kier alpha value is -1.99. The Morgan fingerprint density at radius 2 is 1.86 bits per heavy atom. The maximum Gasteiger partial charge on any atom is 0.246 e. The Kier molecular flexibility index (Phi) is 4.24. The molecule has 112 valence electrons. The molecule has 0 aliphatic heterocycles. The van der Waals surface area contributed by atoms with Crippen LogP contribution in [-0.4, -0.2) is 13.4 Å². The minimum absolute atomic E-state index is 0.0153. The van der Waals surface area contributed by atoms with Crippen LogP contribution < -0.4 is 10.2 Å². The molecule has 1 aromatic heterocycles. The van der Waals surface area contributed by atoms with Crippen molar-refractivity contribution in [2.24, 2.45) is 0 Å². The van der Waals surface area contributed by atoms with Gasteiger partial charge in [-0.05, 0) is 30.5 Å². The zero-order chi connectivity index (χ0) is 15.6. The second kappa shape index (κ2) is 5.79. The maximum atomic E-state index is 13.5. The summed E-state index contributed by atoms with van der Waals surface area (Å²) in [7, 11) is -3.91. The SMILES string of the molecule is Cc1cc(CNS(=O)(=O)c2c[nH]ccc2=O)cc(C)c1F. The molecule has 0 saturated heterocycles. The predicted octanol–water partition coefficient (Wildman–Crippen LogP) is 1.61. The fourth-order valence-corrected chi connectivity index (χ4v) is 3.07. The van der Waals surface area contributed by atoms with Crippen LogP contribution in [0.2, 0.25) is 0 Å². The van der Waals surface area contributed by atoms with Gasteiger partial charge in [0.05, 0.1) is 0 Å². The fourth-order valence-electron chi connectivity index (χ4n) is 2.00. The number of sulfonamides is 1. The molecule has 0 unspecified atom stereocenters. The van der Waals surface area contributed by atoms with Crippen LogP contribution in [0.4, 0.5) is 4.39 Å². The van der Waals surface area contributed by atoms with Crippen molar-refractivity contribution in [1.82, 2.24) is 9.71 Å². The van der Waals surface area contributed by atoms with Crippen LogP contribution in [0, 0.1) is 19.7 Å². The monoisotopic (exact) mass is 310 g/mol. The molecule has 0 aliphatic carbocycles. The summed E-state index contributed by atoms with van der Waals surface area (Å²) in [5, 5.41) is 0. The largest absolute Gasteiger partial charge is 0.366 e. The van der Waals surface area contributed by atoms with Gasteiger partial charge in [0, 0.05) is 25.0 Å². The molecule has 0 atom stereocenters. The lowest BCUT2D eigenvalue weighted by Crippen LogP contribution is -2.28. The zero-order valence-corrected chi connectivity index (χ0v) is 12.4. The third kappa shape index (κ3) is 3.37. The van der Waals surface area contributed by atoms with Gasteiger partial charge in [0.2, 0.25) is 15.5 Å². The number of hydrogen-bond donors (Lipinski definition) is 2. The van der Waals surface area contributed by atoms with E-state index in [2.05, 4.69) is 9.71 Å². The molecule has 0 bridgehead atoms.